The second kappa shape index (κ2) is 8.17. The van der Waals surface area contributed by atoms with E-state index in [0.29, 0.717) is 35.4 Å². The number of amides is 1. The fourth-order valence-corrected chi connectivity index (χ4v) is 4.02. The number of hydrogen-bond acceptors (Lipinski definition) is 4. The van der Waals surface area contributed by atoms with Gasteiger partial charge in [-0.3, -0.25) is 14.0 Å². The number of carbonyl (C=O) groups excluding carboxylic acids is 2. The molecule has 2 N–H and O–H groups in total. The van der Waals surface area contributed by atoms with E-state index < -0.39 is 5.60 Å². The van der Waals surface area contributed by atoms with E-state index in [4.69, 9.17) is 0 Å². The number of Topliss-reactive ketones (excluding diaryl/α,β-unsaturated/α-hetero) is 1. The summed E-state index contributed by atoms with van der Waals surface area (Å²) >= 11 is 0. The minimum absolute atomic E-state index is 0.0186. The van der Waals surface area contributed by atoms with E-state index in [2.05, 4.69) is 10.3 Å². The van der Waals surface area contributed by atoms with Crippen molar-refractivity contribution in [1.29, 1.82) is 0 Å². The van der Waals surface area contributed by atoms with Gasteiger partial charge in [-0.2, -0.15) is 0 Å². The summed E-state index contributed by atoms with van der Waals surface area (Å²) < 4.78 is 1.72. The number of aliphatic hydroxyl groups is 1. The van der Waals surface area contributed by atoms with Crippen molar-refractivity contribution in [3.05, 3.63) is 66.1 Å². The van der Waals surface area contributed by atoms with Crippen LogP contribution in [0.5, 0.6) is 0 Å². The highest BCUT2D eigenvalue weighted by atomic mass is 16.3. The van der Waals surface area contributed by atoms with Crippen LogP contribution >= 0.6 is 0 Å². The summed E-state index contributed by atoms with van der Waals surface area (Å²) in [4.78, 5) is 29.5. The Bertz CT molecular complexity index is 1030. The van der Waals surface area contributed by atoms with Gasteiger partial charge in [-0.05, 0) is 43.5 Å². The Morgan fingerprint density at radius 3 is 2.76 bits per heavy atom. The molecule has 1 aliphatic carbocycles. The third kappa shape index (κ3) is 4.38. The smallest absolute Gasteiger partial charge is 0.274 e. The Balaban J connectivity index is 1.43. The third-order valence-electron chi connectivity index (χ3n) is 5.69. The van der Waals surface area contributed by atoms with Gasteiger partial charge in [0, 0.05) is 23.9 Å². The normalized spacial score (nSPS) is 15.9. The molecule has 1 amide bonds. The first-order valence-corrected chi connectivity index (χ1v) is 10.1. The van der Waals surface area contributed by atoms with Crippen LogP contribution in [-0.4, -0.2) is 31.8 Å². The highest BCUT2D eigenvalue weighted by Crippen LogP contribution is 2.32. The highest BCUT2D eigenvalue weighted by Gasteiger charge is 2.29. The summed E-state index contributed by atoms with van der Waals surface area (Å²) in [5, 5.41) is 13.5. The van der Waals surface area contributed by atoms with Crippen LogP contribution in [0.25, 0.3) is 5.65 Å². The second-order valence-electron chi connectivity index (χ2n) is 7.82. The first-order chi connectivity index (χ1) is 14.0. The maximum absolute atomic E-state index is 12.7. The number of pyridine rings is 1. The molecule has 29 heavy (non-hydrogen) atoms. The van der Waals surface area contributed by atoms with Gasteiger partial charge in [0.1, 0.15) is 11.3 Å². The summed E-state index contributed by atoms with van der Waals surface area (Å²) in [5.41, 5.74) is 1.52. The number of fused-ring (bicyclic) bond motifs is 1. The van der Waals surface area contributed by atoms with Crippen LogP contribution in [0.4, 0.5) is 5.69 Å². The lowest BCUT2D eigenvalue weighted by atomic mass is 9.81. The Morgan fingerprint density at radius 2 is 1.93 bits per heavy atom. The number of ketones is 1. The van der Waals surface area contributed by atoms with Gasteiger partial charge in [-0.15, -0.1) is 0 Å². The van der Waals surface area contributed by atoms with Crippen molar-refractivity contribution in [3.63, 3.8) is 0 Å². The maximum atomic E-state index is 12.7. The topological polar surface area (TPSA) is 83.7 Å². The van der Waals surface area contributed by atoms with E-state index in [1.807, 2.05) is 18.2 Å². The molecule has 4 rings (SSSR count). The molecule has 0 radical (unpaired) electrons. The summed E-state index contributed by atoms with van der Waals surface area (Å²) in [5.74, 6) is -0.306. The Labute approximate surface area is 169 Å². The zero-order valence-corrected chi connectivity index (χ0v) is 16.3. The molecule has 6 heteroatoms. The van der Waals surface area contributed by atoms with Crippen molar-refractivity contribution in [2.45, 2.75) is 50.5 Å². The Hall–Kier alpha value is -2.99. The number of anilines is 1. The van der Waals surface area contributed by atoms with Crippen molar-refractivity contribution in [2.75, 3.05) is 5.32 Å². The van der Waals surface area contributed by atoms with Crippen LogP contribution in [0.3, 0.4) is 0 Å². The summed E-state index contributed by atoms with van der Waals surface area (Å²) in [6, 6.07) is 12.5. The van der Waals surface area contributed by atoms with E-state index in [-0.39, 0.29) is 11.7 Å². The number of hydrogen-bond donors (Lipinski definition) is 2. The Morgan fingerprint density at radius 1 is 1.10 bits per heavy atom. The molecule has 1 aromatic carbocycles. The van der Waals surface area contributed by atoms with Gasteiger partial charge in [0.15, 0.2) is 5.78 Å². The van der Waals surface area contributed by atoms with Gasteiger partial charge in [-0.1, -0.05) is 37.5 Å². The van der Waals surface area contributed by atoms with E-state index in [1.54, 1.807) is 34.9 Å². The van der Waals surface area contributed by atoms with Gasteiger partial charge < -0.3 is 10.4 Å². The average Bonchev–Trinajstić information content (AvgIpc) is 3.17. The number of nitrogens with zero attached hydrogens (tertiary/aromatic N) is 2. The molecular formula is C23H25N3O3. The molecule has 3 aromatic rings. The van der Waals surface area contributed by atoms with Gasteiger partial charge in [-0.25, -0.2) is 4.98 Å². The molecular weight excluding hydrogens is 366 g/mol. The molecule has 1 aliphatic rings. The highest BCUT2D eigenvalue weighted by molar-refractivity contribution is 6.04. The zero-order chi connectivity index (χ0) is 20.3. The minimum atomic E-state index is -0.706. The van der Waals surface area contributed by atoms with E-state index in [0.717, 1.165) is 32.1 Å². The number of aromatic nitrogens is 2. The summed E-state index contributed by atoms with van der Waals surface area (Å²) in [7, 11) is 0. The van der Waals surface area contributed by atoms with Crippen molar-refractivity contribution in [3.8, 4) is 0 Å². The van der Waals surface area contributed by atoms with Gasteiger partial charge >= 0.3 is 0 Å². The molecule has 150 valence electrons. The van der Waals surface area contributed by atoms with Gasteiger partial charge in [0.05, 0.1) is 11.8 Å². The lowest BCUT2D eigenvalue weighted by Gasteiger charge is -2.31. The molecule has 0 unspecified atom stereocenters. The molecule has 0 spiro atoms. The number of benzene rings is 1. The molecule has 2 heterocycles. The second-order valence-corrected chi connectivity index (χ2v) is 7.82. The first-order valence-electron chi connectivity index (χ1n) is 10.1. The van der Waals surface area contributed by atoms with E-state index in [1.165, 1.54) is 6.20 Å². The fraction of sp³-hybridized carbons (Fsp3) is 0.348. The molecule has 0 atom stereocenters. The van der Waals surface area contributed by atoms with Crippen molar-refractivity contribution < 1.29 is 14.7 Å². The van der Waals surface area contributed by atoms with Crippen LogP contribution < -0.4 is 5.32 Å². The number of nitrogens with one attached hydrogen (secondary N) is 1. The molecule has 0 saturated heterocycles. The van der Waals surface area contributed by atoms with Crippen LogP contribution in [0.2, 0.25) is 0 Å². The third-order valence-corrected chi connectivity index (χ3v) is 5.69. The first kappa shape index (κ1) is 19.3. The monoisotopic (exact) mass is 391 g/mol. The fourth-order valence-electron chi connectivity index (χ4n) is 4.02. The molecule has 0 aliphatic heterocycles. The minimum Gasteiger partial charge on any atom is -0.390 e. The van der Waals surface area contributed by atoms with Gasteiger partial charge in [0.25, 0.3) is 5.91 Å². The Kier molecular flexibility index (Phi) is 5.45. The molecule has 1 saturated carbocycles. The lowest BCUT2D eigenvalue weighted by Crippen LogP contribution is -2.31. The van der Waals surface area contributed by atoms with Crippen molar-refractivity contribution in [2.24, 2.45) is 0 Å². The van der Waals surface area contributed by atoms with Gasteiger partial charge in [0.2, 0.25) is 0 Å². The number of rotatable bonds is 6. The quantitative estimate of drug-likeness (QED) is 0.616. The zero-order valence-electron chi connectivity index (χ0n) is 16.3. The largest absolute Gasteiger partial charge is 0.390 e. The number of imidazole rings is 1. The standard InChI is InChI=1S/C23H25N3O3/c27-20(10-13-23(29)11-3-1-4-12-23)17-7-6-8-18(15-17)25-22(28)19-16-24-21-9-2-5-14-26(19)21/h2,5-9,14-16,29H,1,3-4,10-13H2,(H,25,28). The molecule has 1 fully saturated rings. The van der Waals surface area contributed by atoms with Crippen LogP contribution in [0.15, 0.2) is 54.9 Å². The molecule has 2 aromatic heterocycles. The molecule has 0 bridgehead atoms. The maximum Gasteiger partial charge on any atom is 0.274 e. The lowest BCUT2D eigenvalue weighted by molar-refractivity contribution is -0.00455. The van der Waals surface area contributed by atoms with Crippen molar-refractivity contribution in [1.82, 2.24) is 9.38 Å². The average molecular weight is 391 g/mol. The van der Waals surface area contributed by atoms with Crippen LogP contribution in [0, 0.1) is 0 Å². The van der Waals surface area contributed by atoms with Crippen LogP contribution in [-0.2, 0) is 0 Å². The summed E-state index contributed by atoms with van der Waals surface area (Å²) in [6.07, 6.45) is 8.87. The predicted molar refractivity (Wildman–Crippen MR) is 111 cm³/mol. The van der Waals surface area contributed by atoms with E-state index in [9.17, 15) is 14.7 Å². The predicted octanol–water partition coefficient (Wildman–Crippen LogP) is 4.24. The van der Waals surface area contributed by atoms with Crippen molar-refractivity contribution >= 4 is 23.0 Å². The van der Waals surface area contributed by atoms with Crippen LogP contribution in [0.1, 0.15) is 65.8 Å². The SMILES string of the molecule is O=C(CCC1(O)CCCCC1)c1cccc(NC(=O)c2cnc3ccccn23)c1. The van der Waals surface area contributed by atoms with E-state index >= 15 is 0 Å². The summed E-state index contributed by atoms with van der Waals surface area (Å²) in [6.45, 7) is 0. The molecule has 6 nitrogen and oxygen atoms in total. The number of carbonyl (C=O) groups is 2.